The number of benzene rings is 1. The zero-order valence-electron chi connectivity index (χ0n) is 9.02. The summed E-state index contributed by atoms with van der Waals surface area (Å²) in [6.07, 6.45) is 7.12. The first-order valence-electron chi connectivity index (χ1n) is 5.15. The zero-order chi connectivity index (χ0) is 12.5. The lowest BCUT2D eigenvalue weighted by Crippen LogP contribution is -1.71. The molecular weight excluding hydrogens is 318 g/mol. The molecule has 0 bridgehead atoms. The van der Waals surface area contributed by atoms with Crippen molar-refractivity contribution in [3.63, 3.8) is 0 Å². The number of nitrogens with one attached hydrogen (secondary N) is 1. The third kappa shape index (κ3) is 2.19. The summed E-state index contributed by atoms with van der Waals surface area (Å²) in [5, 5.41) is 7.11. The molecule has 0 atom stereocenters. The van der Waals surface area contributed by atoms with E-state index in [0.29, 0.717) is 16.5 Å². The lowest BCUT2D eigenvalue weighted by Gasteiger charge is -1.91. The lowest BCUT2D eigenvalue weighted by atomic mass is 10.3. The second-order valence-corrected chi connectivity index (χ2v) is 4.98. The van der Waals surface area contributed by atoms with Crippen LogP contribution in [0.3, 0.4) is 0 Å². The summed E-state index contributed by atoms with van der Waals surface area (Å²) in [6, 6.07) is 3.64. The average Bonchev–Trinajstić information content (AvgIpc) is 2.93. The number of aromatic amines is 1. The second kappa shape index (κ2) is 4.59. The monoisotopic (exact) mass is 323 g/mol. The van der Waals surface area contributed by atoms with Crippen molar-refractivity contribution >= 4 is 50.8 Å². The average molecular weight is 325 g/mol. The highest BCUT2D eigenvalue weighted by Crippen LogP contribution is 2.29. The van der Waals surface area contributed by atoms with Gasteiger partial charge in [-0.15, -0.1) is 0 Å². The Balaban J connectivity index is 2.01. The predicted molar refractivity (Wildman–Crippen MR) is 74.2 cm³/mol. The van der Waals surface area contributed by atoms with Gasteiger partial charge < -0.3 is 4.42 Å². The van der Waals surface area contributed by atoms with Crippen LogP contribution < -0.4 is 0 Å². The largest absolute Gasteiger partial charge is 0.435 e. The van der Waals surface area contributed by atoms with Crippen molar-refractivity contribution in [2.75, 3.05) is 0 Å². The van der Waals surface area contributed by atoms with Crippen LogP contribution in [-0.2, 0) is 0 Å². The summed E-state index contributed by atoms with van der Waals surface area (Å²) < 4.78 is 6.44. The Labute approximate surface area is 116 Å². The Morgan fingerprint density at radius 1 is 1.33 bits per heavy atom. The number of H-pyrrole nitrogens is 1. The smallest absolute Gasteiger partial charge is 0.220 e. The van der Waals surface area contributed by atoms with Gasteiger partial charge in [-0.1, -0.05) is 27.5 Å². The van der Waals surface area contributed by atoms with Gasteiger partial charge in [-0.2, -0.15) is 5.10 Å². The molecule has 0 unspecified atom stereocenters. The molecule has 6 heteroatoms. The molecule has 0 aliphatic heterocycles. The minimum absolute atomic E-state index is 0.506. The third-order valence-electron chi connectivity index (χ3n) is 2.36. The van der Waals surface area contributed by atoms with Gasteiger partial charge in [0.15, 0.2) is 5.58 Å². The van der Waals surface area contributed by atoms with Gasteiger partial charge in [-0.05, 0) is 18.2 Å². The molecule has 0 fully saturated rings. The molecule has 4 nitrogen and oxygen atoms in total. The van der Waals surface area contributed by atoms with Crippen LogP contribution in [0, 0.1) is 0 Å². The minimum Gasteiger partial charge on any atom is -0.435 e. The van der Waals surface area contributed by atoms with E-state index in [4.69, 9.17) is 16.0 Å². The van der Waals surface area contributed by atoms with Gasteiger partial charge in [-0.25, -0.2) is 4.98 Å². The van der Waals surface area contributed by atoms with Crippen LogP contribution in [0.25, 0.3) is 23.3 Å². The summed E-state index contributed by atoms with van der Waals surface area (Å²) >= 11 is 9.44. The fourth-order valence-corrected chi connectivity index (χ4v) is 2.40. The van der Waals surface area contributed by atoms with Crippen LogP contribution in [0.2, 0.25) is 5.02 Å². The fourth-order valence-electron chi connectivity index (χ4n) is 1.57. The molecule has 2 heterocycles. The maximum Gasteiger partial charge on any atom is 0.220 e. The molecule has 90 valence electrons. The van der Waals surface area contributed by atoms with E-state index in [1.165, 1.54) is 0 Å². The van der Waals surface area contributed by atoms with E-state index in [1.807, 2.05) is 12.1 Å². The molecule has 3 rings (SSSR count). The van der Waals surface area contributed by atoms with Gasteiger partial charge in [-0.3, -0.25) is 5.10 Å². The molecule has 0 amide bonds. The van der Waals surface area contributed by atoms with Crippen molar-refractivity contribution in [1.82, 2.24) is 15.2 Å². The molecule has 0 aliphatic carbocycles. The van der Waals surface area contributed by atoms with Crippen molar-refractivity contribution in [3.8, 4) is 0 Å². The molecular formula is C12H7BrClN3O. The number of rotatable bonds is 2. The Morgan fingerprint density at radius 3 is 3.00 bits per heavy atom. The van der Waals surface area contributed by atoms with Crippen LogP contribution in [0.4, 0.5) is 0 Å². The molecule has 1 N–H and O–H groups in total. The molecule has 0 saturated heterocycles. The molecule has 18 heavy (non-hydrogen) atoms. The lowest BCUT2D eigenvalue weighted by molar-refractivity contribution is 0.590. The van der Waals surface area contributed by atoms with E-state index < -0.39 is 0 Å². The standard InChI is InChI=1S/C12H7BrClN3O/c13-8-3-9(14)12-10(4-8)17-11(18-12)2-1-7-5-15-16-6-7/h1-6H,(H,15,16)/b2-1+. The second-order valence-electron chi connectivity index (χ2n) is 3.65. The van der Waals surface area contributed by atoms with E-state index in [0.717, 1.165) is 15.6 Å². The van der Waals surface area contributed by atoms with E-state index in [-0.39, 0.29) is 0 Å². The van der Waals surface area contributed by atoms with Crippen LogP contribution in [0.15, 0.2) is 33.4 Å². The van der Waals surface area contributed by atoms with E-state index in [9.17, 15) is 0 Å². The highest BCUT2D eigenvalue weighted by molar-refractivity contribution is 9.10. The van der Waals surface area contributed by atoms with Gasteiger partial charge in [0.05, 0.1) is 11.2 Å². The summed E-state index contributed by atoms with van der Waals surface area (Å²) in [5.41, 5.74) is 2.26. The Hall–Kier alpha value is -1.59. The molecule has 0 aliphatic rings. The Kier molecular flexibility index (Phi) is 2.93. The maximum absolute atomic E-state index is 6.07. The number of halogens is 2. The molecule has 3 aromatic rings. The molecule has 2 aromatic heterocycles. The van der Waals surface area contributed by atoms with Gasteiger partial charge in [0.2, 0.25) is 5.89 Å². The maximum atomic E-state index is 6.07. The van der Waals surface area contributed by atoms with Crippen molar-refractivity contribution in [2.45, 2.75) is 0 Å². The van der Waals surface area contributed by atoms with Gasteiger partial charge in [0, 0.05) is 22.3 Å². The zero-order valence-corrected chi connectivity index (χ0v) is 11.4. The number of aromatic nitrogens is 3. The first kappa shape index (κ1) is 11.5. The topological polar surface area (TPSA) is 54.7 Å². The number of oxazole rings is 1. The molecule has 0 radical (unpaired) electrons. The summed E-state index contributed by atoms with van der Waals surface area (Å²) in [7, 11) is 0. The number of hydrogen-bond acceptors (Lipinski definition) is 3. The van der Waals surface area contributed by atoms with E-state index >= 15 is 0 Å². The Bertz CT molecular complexity index is 718. The Morgan fingerprint density at radius 2 is 2.22 bits per heavy atom. The summed E-state index contributed by atoms with van der Waals surface area (Å²) in [5.74, 6) is 0.506. The van der Waals surface area contributed by atoms with Gasteiger partial charge in [0.1, 0.15) is 5.52 Å². The van der Waals surface area contributed by atoms with Crippen molar-refractivity contribution in [3.05, 3.63) is 45.5 Å². The van der Waals surface area contributed by atoms with Crippen molar-refractivity contribution < 1.29 is 4.42 Å². The highest BCUT2D eigenvalue weighted by Gasteiger charge is 2.08. The predicted octanol–water partition coefficient (Wildman–Crippen LogP) is 4.14. The minimum atomic E-state index is 0.506. The van der Waals surface area contributed by atoms with E-state index in [2.05, 4.69) is 31.1 Å². The van der Waals surface area contributed by atoms with Crippen molar-refractivity contribution in [1.29, 1.82) is 0 Å². The van der Waals surface area contributed by atoms with Gasteiger partial charge in [0.25, 0.3) is 0 Å². The van der Waals surface area contributed by atoms with Crippen molar-refractivity contribution in [2.24, 2.45) is 0 Å². The van der Waals surface area contributed by atoms with E-state index in [1.54, 1.807) is 24.5 Å². The summed E-state index contributed by atoms with van der Waals surface area (Å²) in [6.45, 7) is 0. The van der Waals surface area contributed by atoms with Crippen LogP contribution in [-0.4, -0.2) is 15.2 Å². The first-order valence-corrected chi connectivity index (χ1v) is 6.32. The first-order chi connectivity index (χ1) is 8.72. The third-order valence-corrected chi connectivity index (χ3v) is 3.10. The number of nitrogens with zero attached hydrogens (tertiary/aromatic N) is 2. The summed E-state index contributed by atoms with van der Waals surface area (Å²) in [4.78, 5) is 4.34. The number of fused-ring (bicyclic) bond motifs is 1. The molecule has 1 aromatic carbocycles. The fraction of sp³-hybridized carbons (Fsp3) is 0. The van der Waals surface area contributed by atoms with Crippen LogP contribution in [0.5, 0.6) is 0 Å². The van der Waals surface area contributed by atoms with Crippen LogP contribution >= 0.6 is 27.5 Å². The normalized spacial score (nSPS) is 11.7. The quantitative estimate of drug-likeness (QED) is 0.771. The van der Waals surface area contributed by atoms with Crippen LogP contribution in [0.1, 0.15) is 11.5 Å². The molecule has 0 spiro atoms. The highest BCUT2D eigenvalue weighted by atomic mass is 79.9. The number of hydrogen-bond donors (Lipinski definition) is 1. The van der Waals surface area contributed by atoms with Gasteiger partial charge >= 0.3 is 0 Å². The molecule has 0 saturated carbocycles. The SMILES string of the molecule is Clc1cc(Br)cc2nc(/C=C/c3cn[nH]c3)oc12.